The molecule has 1 amide bonds. The van der Waals surface area contributed by atoms with Gasteiger partial charge in [-0.1, -0.05) is 35.9 Å². The molecule has 43 heavy (non-hydrogen) atoms. The maximum Gasteiger partial charge on any atom is 0.407 e. The summed E-state index contributed by atoms with van der Waals surface area (Å²) in [4.78, 5) is 30.7. The highest BCUT2D eigenvalue weighted by molar-refractivity contribution is 6.36. The first-order valence-corrected chi connectivity index (χ1v) is 15.8. The van der Waals surface area contributed by atoms with E-state index in [1.807, 2.05) is 12.1 Å². The van der Waals surface area contributed by atoms with Gasteiger partial charge in [0.2, 0.25) is 0 Å². The Morgan fingerprint density at radius 1 is 1.12 bits per heavy atom. The van der Waals surface area contributed by atoms with Crippen molar-refractivity contribution in [2.45, 2.75) is 56.8 Å². The fraction of sp³-hybridized carbons (Fsp3) is 0.531. The molecule has 2 aromatic carbocycles. The van der Waals surface area contributed by atoms with E-state index in [4.69, 9.17) is 26.3 Å². The number of piperazine rings is 1. The van der Waals surface area contributed by atoms with Crippen molar-refractivity contribution in [3.05, 3.63) is 52.7 Å². The number of aliphatic hydroxyl groups excluding tert-OH is 1. The second kappa shape index (κ2) is 11.6. The first kappa shape index (κ1) is 28.4. The average Bonchev–Trinajstić information content (AvgIpc) is 3.52. The molecule has 10 nitrogen and oxygen atoms in total. The van der Waals surface area contributed by atoms with Crippen LogP contribution in [0.1, 0.15) is 36.9 Å². The zero-order valence-electron chi connectivity index (χ0n) is 24.5. The molecular formula is C32H39ClN6O4. The zero-order valence-corrected chi connectivity index (χ0v) is 25.3. The number of aliphatic hydroxyl groups is 1. The van der Waals surface area contributed by atoms with Crippen molar-refractivity contribution in [2.24, 2.45) is 5.92 Å². The molecule has 2 N–H and O–H groups in total. The number of aromatic nitrogens is 2. The van der Waals surface area contributed by atoms with Crippen LogP contribution >= 0.6 is 11.6 Å². The number of likely N-dealkylation sites (tertiary alicyclic amines) is 1. The Labute approximate surface area is 256 Å². The predicted octanol–water partition coefficient (Wildman–Crippen LogP) is 4.26. The topological polar surface area (TPSA) is 106 Å². The van der Waals surface area contributed by atoms with Gasteiger partial charge in [-0.05, 0) is 69.1 Å². The van der Waals surface area contributed by atoms with E-state index in [1.165, 1.54) is 0 Å². The van der Waals surface area contributed by atoms with E-state index in [2.05, 4.69) is 46.0 Å². The molecule has 0 aliphatic carbocycles. The SMILES string of the molecule is CN1CCCC1COc1nc2c(c(N3C[C@H]4CC(CCO)[C@@H](C3)N4C(=O)O)n1)CCN(c1cccc3cccc(Cl)c13)C2. The molecule has 1 aromatic heterocycles. The first-order valence-electron chi connectivity index (χ1n) is 15.4. The third kappa shape index (κ3) is 5.23. The van der Waals surface area contributed by atoms with Gasteiger partial charge < -0.3 is 29.6 Å². The van der Waals surface area contributed by atoms with Crippen LogP contribution in [-0.2, 0) is 13.0 Å². The third-order valence-electron chi connectivity index (χ3n) is 10.0. The molecule has 11 heteroatoms. The number of ether oxygens (including phenoxy) is 1. The molecule has 3 aromatic rings. The van der Waals surface area contributed by atoms with Crippen molar-refractivity contribution in [1.82, 2.24) is 19.8 Å². The lowest BCUT2D eigenvalue weighted by Crippen LogP contribution is -2.57. The van der Waals surface area contributed by atoms with Crippen LogP contribution in [0, 0.1) is 5.92 Å². The fourth-order valence-corrected chi connectivity index (χ4v) is 8.12. The number of rotatable bonds is 7. The van der Waals surface area contributed by atoms with E-state index >= 15 is 0 Å². The Morgan fingerprint density at radius 2 is 1.95 bits per heavy atom. The van der Waals surface area contributed by atoms with Crippen molar-refractivity contribution in [3.63, 3.8) is 0 Å². The number of hydrogen-bond acceptors (Lipinski definition) is 8. The van der Waals surface area contributed by atoms with Gasteiger partial charge >= 0.3 is 12.1 Å². The minimum Gasteiger partial charge on any atom is -0.465 e. The summed E-state index contributed by atoms with van der Waals surface area (Å²) in [6, 6.07) is 12.7. The second-order valence-corrected chi connectivity index (χ2v) is 12.9. The molecule has 3 saturated heterocycles. The second-order valence-electron chi connectivity index (χ2n) is 12.5. The number of anilines is 2. The number of carboxylic acid groups (broad SMARTS) is 1. The maximum atomic E-state index is 12.2. The molecule has 2 bridgehead atoms. The Hall–Kier alpha value is -3.34. The van der Waals surface area contributed by atoms with E-state index < -0.39 is 6.09 Å². The molecular weight excluding hydrogens is 568 g/mol. The summed E-state index contributed by atoms with van der Waals surface area (Å²) >= 11 is 6.71. The van der Waals surface area contributed by atoms with Crippen molar-refractivity contribution >= 4 is 40.0 Å². The summed E-state index contributed by atoms with van der Waals surface area (Å²) in [6.45, 7) is 4.17. The quantitative estimate of drug-likeness (QED) is 0.408. The number of carbonyl (C=O) groups is 1. The van der Waals surface area contributed by atoms with Crippen molar-refractivity contribution in [3.8, 4) is 6.01 Å². The lowest BCUT2D eigenvalue weighted by molar-refractivity contribution is 0.107. The van der Waals surface area contributed by atoms with E-state index in [0.717, 1.165) is 77.3 Å². The van der Waals surface area contributed by atoms with Gasteiger partial charge in [-0.15, -0.1) is 0 Å². The Kier molecular flexibility index (Phi) is 7.69. The van der Waals surface area contributed by atoms with Gasteiger partial charge in [0.25, 0.3) is 0 Å². The van der Waals surface area contributed by atoms with E-state index in [-0.39, 0.29) is 24.6 Å². The summed E-state index contributed by atoms with van der Waals surface area (Å²) in [5.74, 6) is 0.994. The molecule has 3 fully saturated rings. The van der Waals surface area contributed by atoms with E-state index in [0.29, 0.717) is 44.7 Å². The Bertz CT molecular complexity index is 1520. The number of likely N-dealkylation sites (N-methyl/N-ethyl adjacent to an activating group) is 1. The normalized spacial score (nSPS) is 25.4. The molecule has 5 heterocycles. The monoisotopic (exact) mass is 606 g/mol. The standard InChI is InChI=1S/C32H39ClN6O4/c1-36-12-4-7-22(36)19-43-31-34-26-17-37(27-9-3-6-20-5-2-8-25(33)29(20)27)13-10-24(26)30(35-31)38-16-23-15-21(11-14-40)28(18-38)39(23)32(41)42/h2-3,5-6,8-9,21-23,28,40H,4,7,10-19H2,1H3,(H,41,42)/t21?,22?,23-,28-/m1/s1. The molecule has 4 aliphatic heterocycles. The fourth-order valence-electron chi connectivity index (χ4n) is 7.84. The molecule has 7 rings (SSSR count). The Balaban J connectivity index is 1.23. The number of benzene rings is 2. The molecule has 0 radical (unpaired) electrons. The van der Waals surface area contributed by atoms with Crippen LogP contribution in [0.5, 0.6) is 6.01 Å². The minimum absolute atomic E-state index is 0.0614. The number of halogens is 1. The van der Waals surface area contributed by atoms with Crippen LogP contribution < -0.4 is 14.5 Å². The maximum absolute atomic E-state index is 12.2. The van der Waals surface area contributed by atoms with Crippen LogP contribution in [0.15, 0.2) is 36.4 Å². The first-order chi connectivity index (χ1) is 20.9. The van der Waals surface area contributed by atoms with Crippen molar-refractivity contribution in [2.75, 3.05) is 56.2 Å². The van der Waals surface area contributed by atoms with Gasteiger partial charge in [0, 0.05) is 48.9 Å². The van der Waals surface area contributed by atoms with E-state index in [9.17, 15) is 15.0 Å². The molecule has 4 atom stereocenters. The zero-order chi connectivity index (χ0) is 29.7. The van der Waals surface area contributed by atoms with E-state index in [1.54, 1.807) is 4.90 Å². The Morgan fingerprint density at radius 3 is 2.72 bits per heavy atom. The molecule has 2 unspecified atom stereocenters. The number of hydrogen-bond donors (Lipinski definition) is 2. The lowest BCUT2D eigenvalue weighted by atomic mass is 9.96. The highest BCUT2D eigenvalue weighted by atomic mass is 35.5. The van der Waals surface area contributed by atoms with Crippen molar-refractivity contribution < 1.29 is 19.7 Å². The van der Waals surface area contributed by atoms with Crippen LogP contribution in [0.3, 0.4) is 0 Å². The minimum atomic E-state index is -0.881. The van der Waals surface area contributed by atoms with Crippen LogP contribution in [-0.4, -0.2) is 101 Å². The summed E-state index contributed by atoms with van der Waals surface area (Å²) in [6.07, 6.45) is 3.49. The van der Waals surface area contributed by atoms with Gasteiger partial charge in [0.15, 0.2) is 0 Å². The molecule has 228 valence electrons. The molecule has 4 aliphatic rings. The molecule has 0 spiro atoms. The summed E-state index contributed by atoms with van der Waals surface area (Å²) < 4.78 is 6.31. The predicted molar refractivity (Wildman–Crippen MR) is 166 cm³/mol. The highest BCUT2D eigenvalue weighted by Crippen LogP contribution is 2.41. The van der Waals surface area contributed by atoms with Gasteiger partial charge in [-0.25, -0.2) is 4.79 Å². The largest absolute Gasteiger partial charge is 0.465 e. The number of fused-ring (bicyclic) bond motifs is 4. The number of amides is 1. The van der Waals surface area contributed by atoms with Crippen molar-refractivity contribution in [1.29, 1.82) is 0 Å². The summed E-state index contributed by atoms with van der Waals surface area (Å²) in [5, 5.41) is 22.6. The van der Waals surface area contributed by atoms with Crippen LogP contribution in [0.4, 0.5) is 16.3 Å². The van der Waals surface area contributed by atoms with Gasteiger partial charge in [0.05, 0.1) is 29.3 Å². The smallest absolute Gasteiger partial charge is 0.407 e. The van der Waals surface area contributed by atoms with Gasteiger partial charge in [-0.3, -0.25) is 4.90 Å². The van der Waals surface area contributed by atoms with Crippen LogP contribution in [0.25, 0.3) is 10.8 Å². The lowest BCUT2D eigenvalue weighted by Gasteiger charge is -2.42. The van der Waals surface area contributed by atoms with Gasteiger partial charge in [0.1, 0.15) is 12.4 Å². The van der Waals surface area contributed by atoms with Crippen LogP contribution in [0.2, 0.25) is 5.02 Å². The number of nitrogens with zero attached hydrogens (tertiary/aromatic N) is 6. The highest BCUT2D eigenvalue weighted by Gasteiger charge is 2.49. The molecule has 0 saturated carbocycles. The summed E-state index contributed by atoms with van der Waals surface area (Å²) in [7, 11) is 2.13. The average molecular weight is 607 g/mol. The van der Waals surface area contributed by atoms with Gasteiger partial charge in [-0.2, -0.15) is 9.97 Å². The summed E-state index contributed by atoms with van der Waals surface area (Å²) in [5.41, 5.74) is 3.13. The third-order valence-corrected chi connectivity index (χ3v) is 10.3.